The average Bonchev–Trinajstić information content (AvgIpc) is 3.17. The molecule has 0 bridgehead atoms. The van der Waals surface area contributed by atoms with Crippen LogP contribution in [0.2, 0.25) is 5.02 Å². The maximum atomic E-state index is 13.1. The number of anilines is 1. The van der Waals surface area contributed by atoms with Crippen molar-refractivity contribution in [1.82, 2.24) is 9.97 Å². The highest BCUT2D eigenvalue weighted by Crippen LogP contribution is 2.39. The Bertz CT molecular complexity index is 1200. The molecule has 0 saturated carbocycles. The number of thiophene rings is 1. The highest BCUT2D eigenvalue weighted by molar-refractivity contribution is 7.98. The second kappa shape index (κ2) is 10.7. The number of nitrogens with zero attached hydrogens (tertiary/aromatic N) is 2. The number of nitrogens with one attached hydrogen (secondary N) is 1. The first-order valence-corrected chi connectivity index (χ1v) is 13.0. The van der Waals surface area contributed by atoms with E-state index in [1.54, 1.807) is 6.92 Å². The summed E-state index contributed by atoms with van der Waals surface area (Å²) in [5.74, 6) is -0.195. The zero-order valence-corrected chi connectivity index (χ0v) is 20.8. The molecule has 1 aliphatic carbocycles. The van der Waals surface area contributed by atoms with Gasteiger partial charge in [0.2, 0.25) is 0 Å². The van der Waals surface area contributed by atoms with Crippen molar-refractivity contribution in [3.8, 4) is 0 Å². The third-order valence-electron chi connectivity index (χ3n) is 5.43. The van der Waals surface area contributed by atoms with Gasteiger partial charge >= 0.3 is 5.97 Å². The third kappa shape index (κ3) is 5.39. The van der Waals surface area contributed by atoms with E-state index in [1.807, 2.05) is 12.1 Å². The molecule has 0 fully saturated rings. The number of hydrogen-bond acceptors (Lipinski definition) is 7. The van der Waals surface area contributed by atoms with Crippen LogP contribution in [0.5, 0.6) is 0 Å². The number of thioether (sulfide) groups is 1. The number of carbonyl (C=O) groups is 2. The molecule has 1 N–H and O–H groups in total. The molecule has 4 rings (SSSR count). The van der Waals surface area contributed by atoms with Gasteiger partial charge in [-0.25, -0.2) is 14.8 Å². The zero-order chi connectivity index (χ0) is 23.4. The Morgan fingerprint density at radius 1 is 1.24 bits per heavy atom. The zero-order valence-electron chi connectivity index (χ0n) is 18.4. The average molecular weight is 502 g/mol. The number of aromatic nitrogens is 2. The summed E-state index contributed by atoms with van der Waals surface area (Å²) in [6, 6.07) is 8.10. The number of aryl methyl sites for hydroxylation is 2. The number of amides is 1. The van der Waals surface area contributed by atoms with Crippen molar-refractivity contribution in [2.24, 2.45) is 0 Å². The first kappa shape index (κ1) is 23.7. The fraction of sp³-hybridized carbons (Fsp3) is 0.333. The lowest BCUT2D eigenvalue weighted by Crippen LogP contribution is -2.17. The fourth-order valence-electron chi connectivity index (χ4n) is 3.73. The van der Waals surface area contributed by atoms with Crippen LogP contribution < -0.4 is 5.32 Å². The van der Waals surface area contributed by atoms with Crippen molar-refractivity contribution in [3.05, 3.63) is 68.3 Å². The number of esters is 1. The van der Waals surface area contributed by atoms with Crippen LogP contribution in [0, 0.1) is 6.92 Å². The molecule has 2 aromatic heterocycles. The van der Waals surface area contributed by atoms with E-state index in [2.05, 4.69) is 34.3 Å². The Kier molecular flexibility index (Phi) is 7.67. The van der Waals surface area contributed by atoms with E-state index >= 15 is 0 Å². The van der Waals surface area contributed by atoms with E-state index in [9.17, 15) is 9.59 Å². The molecule has 2 heterocycles. The summed E-state index contributed by atoms with van der Waals surface area (Å²) in [6.45, 7) is 4.10. The molecule has 1 aliphatic rings. The van der Waals surface area contributed by atoms with Gasteiger partial charge in [-0.3, -0.25) is 4.79 Å². The van der Waals surface area contributed by atoms with Crippen molar-refractivity contribution in [1.29, 1.82) is 0 Å². The van der Waals surface area contributed by atoms with Crippen molar-refractivity contribution >= 4 is 51.6 Å². The summed E-state index contributed by atoms with van der Waals surface area (Å²) in [6.07, 6.45) is 5.24. The molecule has 0 aliphatic heterocycles. The van der Waals surface area contributed by atoms with E-state index in [-0.39, 0.29) is 17.3 Å². The van der Waals surface area contributed by atoms with Gasteiger partial charge < -0.3 is 10.1 Å². The van der Waals surface area contributed by atoms with Crippen molar-refractivity contribution in [2.45, 2.75) is 50.4 Å². The number of hydrogen-bond donors (Lipinski definition) is 1. The fourth-order valence-corrected chi connectivity index (χ4v) is 6.07. The van der Waals surface area contributed by atoms with Crippen LogP contribution >= 0.6 is 34.7 Å². The number of halogens is 1. The largest absolute Gasteiger partial charge is 0.462 e. The van der Waals surface area contributed by atoms with Crippen LogP contribution in [-0.2, 0) is 23.3 Å². The Balaban J connectivity index is 1.56. The molecule has 33 heavy (non-hydrogen) atoms. The van der Waals surface area contributed by atoms with E-state index in [0.29, 0.717) is 21.5 Å². The van der Waals surface area contributed by atoms with E-state index in [0.717, 1.165) is 36.1 Å². The lowest BCUT2D eigenvalue weighted by Gasteiger charge is -2.12. The molecule has 1 amide bonds. The lowest BCUT2D eigenvalue weighted by molar-refractivity contribution is 0.0526. The van der Waals surface area contributed by atoms with Crippen molar-refractivity contribution in [3.63, 3.8) is 0 Å². The minimum atomic E-state index is -0.468. The summed E-state index contributed by atoms with van der Waals surface area (Å²) in [5.41, 5.74) is 3.90. The van der Waals surface area contributed by atoms with Crippen LogP contribution in [0.25, 0.3) is 0 Å². The van der Waals surface area contributed by atoms with Gasteiger partial charge in [0.05, 0.1) is 23.4 Å². The number of benzene rings is 1. The minimum absolute atomic E-state index is 0.0835. The summed E-state index contributed by atoms with van der Waals surface area (Å²) >= 11 is 9.14. The normalized spacial score (nSPS) is 12.8. The molecule has 9 heteroatoms. The summed E-state index contributed by atoms with van der Waals surface area (Å²) in [4.78, 5) is 35.6. The van der Waals surface area contributed by atoms with E-state index < -0.39 is 11.9 Å². The highest BCUT2D eigenvalue weighted by atomic mass is 35.5. The van der Waals surface area contributed by atoms with Gasteiger partial charge in [0.1, 0.15) is 5.00 Å². The Morgan fingerprint density at radius 2 is 2.03 bits per heavy atom. The SMILES string of the molecule is CCOC(=O)c1c(NC(=O)c2nc(SCc3ccccc3C)ncc2Cl)sc2c1CCCC2. The minimum Gasteiger partial charge on any atom is -0.462 e. The molecule has 0 atom stereocenters. The van der Waals surface area contributed by atoms with Gasteiger partial charge in [-0.2, -0.15) is 0 Å². The predicted molar refractivity (Wildman–Crippen MR) is 133 cm³/mol. The molecule has 0 radical (unpaired) electrons. The van der Waals surface area contributed by atoms with Gasteiger partial charge in [-0.05, 0) is 56.2 Å². The van der Waals surface area contributed by atoms with Crippen LogP contribution in [-0.4, -0.2) is 28.5 Å². The Labute approximate surface area is 206 Å². The first-order chi connectivity index (χ1) is 16.0. The van der Waals surface area contributed by atoms with Crippen molar-refractivity contribution < 1.29 is 14.3 Å². The van der Waals surface area contributed by atoms with Crippen LogP contribution in [0.15, 0.2) is 35.6 Å². The van der Waals surface area contributed by atoms with Crippen LogP contribution in [0.3, 0.4) is 0 Å². The van der Waals surface area contributed by atoms with Gasteiger partial charge in [0.25, 0.3) is 5.91 Å². The summed E-state index contributed by atoms with van der Waals surface area (Å²) in [5, 5.41) is 3.98. The second-order valence-electron chi connectivity index (χ2n) is 7.65. The van der Waals surface area contributed by atoms with Crippen molar-refractivity contribution in [2.75, 3.05) is 11.9 Å². The first-order valence-electron chi connectivity index (χ1n) is 10.8. The molecular formula is C24H24ClN3O3S2. The highest BCUT2D eigenvalue weighted by Gasteiger charge is 2.28. The molecule has 6 nitrogen and oxygen atoms in total. The molecule has 0 saturated heterocycles. The smallest absolute Gasteiger partial charge is 0.341 e. The maximum absolute atomic E-state index is 13.1. The molecule has 172 valence electrons. The number of carbonyl (C=O) groups excluding carboxylic acids is 2. The summed E-state index contributed by atoms with van der Waals surface area (Å²) < 4.78 is 5.27. The van der Waals surface area contributed by atoms with Gasteiger partial charge in [0, 0.05) is 10.6 Å². The molecular weight excluding hydrogens is 478 g/mol. The standard InChI is InChI=1S/C24H24ClN3O3S2/c1-3-31-23(30)19-16-10-6-7-11-18(16)33-22(19)28-21(29)20-17(25)12-26-24(27-20)32-13-15-9-5-4-8-14(15)2/h4-5,8-9,12H,3,6-7,10-11,13H2,1-2H3,(H,28,29). The maximum Gasteiger partial charge on any atom is 0.341 e. The molecule has 1 aromatic carbocycles. The molecule has 3 aromatic rings. The van der Waals surface area contributed by atoms with Crippen LogP contribution in [0.4, 0.5) is 5.00 Å². The summed E-state index contributed by atoms with van der Waals surface area (Å²) in [7, 11) is 0. The van der Waals surface area contributed by atoms with E-state index in [4.69, 9.17) is 16.3 Å². The van der Waals surface area contributed by atoms with Gasteiger partial charge in [-0.1, -0.05) is 47.6 Å². The predicted octanol–water partition coefficient (Wildman–Crippen LogP) is 6.10. The Hall–Kier alpha value is -2.42. The van der Waals surface area contributed by atoms with Gasteiger partial charge in [0.15, 0.2) is 10.9 Å². The van der Waals surface area contributed by atoms with E-state index in [1.165, 1.54) is 40.4 Å². The lowest BCUT2D eigenvalue weighted by atomic mass is 9.95. The monoisotopic (exact) mass is 501 g/mol. The van der Waals surface area contributed by atoms with Crippen LogP contribution in [0.1, 0.15) is 62.2 Å². The number of fused-ring (bicyclic) bond motifs is 1. The second-order valence-corrected chi connectivity index (χ2v) is 10.1. The quantitative estimate of drug-likeness (QED) is 0.239. The third-order valence-corrected chi connectivity index (χ3v) is 7.83. The number of rotatable bonds is 7. The number of ether oxygens (including phenoxy) is 1. The van der Waals surface area contributed by atoms with Gasteiger partial charge in [-0.15, -0.1) is 11.3 Å². The topological polar surface area (TPSA) is 81.2 Å². The Morgan fingerprint density at radius 3 is 2.82 bits per heavy atom. The molecule has 0 spiro atoms. The molecule has 0 unspecified atom stereocenters.